The minimum absolute atomic E-state index is 0.000190. The van der Waals surface area contributed by atoms with E-state index >= 15 is 0 Å². The van der Waals surface area contributed by atoms with E-state index in [1.165, 1.54) is 15.5 Å². The van der Waals surface area contributed by atoms with Gasteiger partial charge in [0, 0.05) is 22.8 Å². The average molecular weight is 383 g/mol. The Labute approximate surface area is 142 Å². The molecule has 1 amide bonds. The molecule has 1 aromatic heterocycles. The molecular formula is C16H19BrN2O4. The van der Waals surface area contributed by atoms with Crippen LogP contribution in [-0.2, 0) is 16.1 Å². The van der Waals surface area contributed by atoms with Crippen LogP contribution in [0.5, 0.6) is 0 Å². The molecule has 2 fully saturated rings. The van der Waals surface area contributed by atoms with Gasteiger partial charge in [-0.25, -0.2) is 4.79 Å². The summed E-state index contributed by atoms with van der Waals surface area (Å²) in [4.78, 5) is 37.7. The van der Waals surface area contributed by atoms with E-state index in [0.717, 1.165) is 25.7 Å². The van der Waals surface area contributed by atoms with Gasteiger partial charge in [0.05, 0.1) is 0 Å². The number of likely N-dealkylation sites (tertiary alicyclic amines) is 1. The third kappa shape index (κ3) is 3.20. The predicted molar refractivity (Wildman–Crippen MR) is 87.0 cm³/mol. The molecule has 7 heteroatoms. The molecular weight excluding hydrogens is 364 g/mol. The molecule has 1 aromatic rings. The van der Waals surface area contributed by atoms with Crippen molar-refractivity contribution in [2.24, 2.45) is 5.92 Å². The first-order valence-corrected chi connectivity index (χ1v) is 8.66. The number of carboxylic acids is 1. The highest BCUT2D eigenvalue weighted by molar-refractivity contribution is 9.10. The summed E-state index contributed by atoms with van der Waals surface area (Å²) >= 11 is 3.28. The molecule has 2 heterocycles. The summed E-state index contributed by atoms with van der Waals surface area (Å²) in [5, 5.41) is 9.47. The van der Waals surface area contributed by atoms with Gasteiger partial charge in [-0.3, -0.25) is 9.59 Å². The van der Waals surface area contributed by atoms with E-state index in [2.05, 4.69) is 15.9 Å². The zero-order chi connectivity index (χ0) is 16.6. The zero-order valence-corrected chi connectivity index (χ0v) is 14.2. The molecule has 6 nitrogen and oxygen atoms in total. The van der Waals surface area contributed by atoms with Gasteiger partial charge in [-0.2, -0.15) is 0 Å². The Balaban J connectivity index is 1.85. The van der Waals surface area contributed by atoms with Crippen LogP contribution in [0.3, 0.4) is 0 Å². The molecule has 0 aromatic carbocycles. The molecule has 1 aliphatic heterocycles. The summed E-state index contributed by atoms with van der Waals surface area (Å²) in [6, 6.07) is 2.24. The maximum Gasteiger partial charge on any atom is 0.326 e. The number of carbonyl (C=O) groups excluding carboxylic acids is 1. The minimum Gasteiger partial charge on any atom is -0.480 e. The van der Waals surface area contributed by atoms with E-state index in [-0.39, 0.29) is 30.0 Å². The van der Waals surface area contributed by atoms with Crippen molar-refractivity contribution in [1.29, 1.82) is 0 Å². The Morgan fingerprint density at radius 1 is 1.26 bits per heavy atom. The van der Waals surface area contributed by atoms with Crippen LogP contribution < -0.4 is 5.56 Å². The Bertz CT molecular complexity index is 687. The van der Waals surface area contributed by atoms with Crippen LogP contribution in [-0.4, -0.2) is 38.5 Å². The molecule has 3 atom stereocenters. The van der Waals surface area contributed by atoms with Crippen molar-refractivity contribution in [3.63, 3.8) is 0 Å². The van der Waals surface area contributed by atoms with Crippen LogP contribution in [0.4, 0.5) is 0 Å². The van der Waals surface area contributed by atoms with Crippen LogP contribution >= 0.6 is 15.9 Å². The molecule has 2 aliphatic rings. The largest absolute Gasteiger partial charge is 0.480 e. The normalized spacial score (nSPS) is 26.8. The standard InChI is InChI=1S/C16H19BrN2O4/c17-11-5-6-14(20)18(8-11)9-15(21)19-12-4-2-1-3-10(12)7-13(19)16(22)23/h5-6,8,10,12-13H,1-4,7,9H2,(H,22,23)/t10-,12-,13+/m1/s1. The van der Waals surface area contributed by atoms with Crippen LogP contribution in [0.25, 0.3) is 0 Å². The van der Waals surface area contributed by atoms with Gasteiger partial charge in [0.25, 0.3) is 5.56 Å². The fourth-order valence-corrected chi connectivity index (χ4v) is 4.27. The first-order valence-electron chi connectivity index (χ1n) is 7.87. The van der Waals surface area contributed by atoms with E-state index in [4.69, 9.17) is 0 Å². The summed E-state index contributed by atoms with van der Waals surface area (Å²) in [6.45, 7) is -0.120. The van der Waals surface area contributed by atoms with Crippen molar-refractivity contribution in [3.8, 4) is 0 Å². The number of fused-ring (bicyclic) bond motifs is 1. The molecule has 0 spiro atoms. The van der Waals surface area contributed by atoms with Crippen LogP contribution in [0, 0.1) is 5.92 Å². The fraction of sp³-hybridized carbons (Fsp3) is 0.562. The van der Waals surface area contributed by atoms with Gasteiger partial charge in [0.2, 0.25) is 5.91 Å². The third-order valence-corrected chi connectivity index (χ3v) is 5.38. The highest BCUT2D eigenvalue weighted by atomic mass is 79.9. The quantitative estimate of drug-likeness (QED) is 0.864. The van der Waals surface area contributed by atoms with Gasteiger partial charge < -0.3 is 14.6 Å². The number of amides is 1. The van der Waals surface area contributed by atoms with E-state index in [1.807, 2.05) is 0 Å². The van der Waals surface area contributed by atoms with Crippen molar-refractivity contribution < 1.29 is 14.7 Å². The highest BCUT2D eigenvalue weighted by Crippen LogP contribution is 2.39. The summed E-state index contributed by atoms with van der Waals surface area (Å²) in [6.07, 6.45) is 6.04. The second kappa shape index (κ2) is 6.47. The molecule has 0 unspecified atom stereocenters. The topological polar surface area (TPSA) is 79.6 Å². The number of carboxylic acid groups (broad SMARTS) is 1. The Morgan fingerprint density at radius 2 is 2.00 bits per heavy atom. The van der Waals surface area contributed by atoms with Gasteiger partial charge in [0.15, 0.2) is 0 Å². The van der Waals surface area contributed by atoms with Gasteiger partial charge >= 0.3 is 5.97 Å². The monoisotopic (exact) mass is 382 g/mol. The summed E-state index contributed by atoms with van der Waals surface area (Å²) in [5.74, 6) is -0.964. The molecule has 0 radical (unpaired) electrons. The SMILES string of the molecule is O=C(O)[C@@H]1C[C@H]2CCCC[C@H]2N1C(=O)Cn1cc(Br)ccc1=O. The lowest BCUT2D eigenvalue weighted by atomic mass is 9.85. The number of halogens is 1. The number of nitrogens with zero attached hydrogens (tertiary/aromatic N) is 2. The highest BCUT2D eigenvalue weighted by Gasteiger charge is 2.47. The Kier molecular flexibility index (Phi) is 4.57. The van der Waals surface area contributed by atoms with Crippen molar-refractivity contribution in [2.75, 3.05) is 0 Å². The summed E-state index contributed by atoms with van der Waals surface area (Å²) in [7, 11) is 0. The molecule has 3 rings (SSSR count). The van der Waals surface area contributed by atoms with Crippen molar-refractivity contribution >= 4 is 27.8 Å². The zero-order valence-electron chi connectivity index (χ0n) is 12.7. The Morgan fingerprint density at radius 3 is 2.74 bits per heavy atom. The first-order chi connectivity index (χ1) is 11.0. The van der Waals surface area contributed by atoms with Crippen LogP contribution in [0.15, 0.2) is 27.6 Å². The maximum absolute atomic E-state index is 12.7. The second-order valence-electron chi connectivity index (χ2n) is 6.32. The van der Waals surface area contributed by atoms with E-state index in [0.29, 0.717) is 10.9 Å². The van der Waals surface area contributed by atoms with Gasteiger partial charge in [-0.05, 0) is 47.2 Å². The number of aliphatic carboxylic acids is 1. The second-order valence-corrected chi connectivity index (χ2v) is 7.23. The molecule has 124 valence electrons. The number of hydrogen-bond donors (Lipinski definition) is 1. The molecule has 23 heavy (non-hydrogen) atoms. The number of carbonyl (C=O) groups is 2. The van der Waals surface area contributed by atoms with E-state index in [9.17, 15) is 19.5 Å². The first kappa shape index (κ1) is 16.2. The minimum atomic E-state index is -0.950. The van der Waals surface area contributed by atoms with Crippen molar-refractivity contribution in [2.45, 2.75) is 50.7 Å². The van der Waals surface area contributed by atoms with Gasteiger partial charge in [0.1, 0.15) is 12.6 Å². The fourth-order valence-electron chi connectivity index (χ4n) is 3.89. The lowest BCUT2D eigenvalue weighted by Gasteiger charge is -2.33. The molecule has 1 saturated carbocycles. The maximum atomic E-state index is 12.7. The third-order valence-electron chi connectivity index (χ3n) is 4.91. The molecule has 1 N–H and O–H groups in total. The lowest BCUT2D eigenvalue weighted by Crippen LogP contribution is -2.48. The van der Waals surface area contributed by atoms with E-state index in [1.54, 1.807) is 12.3 Å². The van der Waals surface area contributed by atoms with Gasteiger partial charge in [-0.15, -0.1) is 0 Å². The van der Waals surface area contributed by atoms with E-state index < -0.39 is 12.0 Å². The van der Waals surface area contributed by atoms with Crippen LogP contribution in [0.1, 0.15) is 32.1 Å². The number of aromatic nitrogens is 1. The average Bonchev–Trinajstić information content (AvgIpc) is 2.90. The number of rotatable bonds is 3. The predicted octanol–water partition coefficient (Wildman–Crippen LogP) is 1.86. The van der Waals surface area contributed by atoms with Crippen LogP contribution in [0.2, 0.25) is 0 Å². The summed E-state index contributed by atoms with van der Waals surface area (Å²) in [5.41, 5.74) is -0.271. The smallest absolute Gasteiger partial charge is 0.326 e. The number of hydrogen-bond acceptors (Lipinski definition) is 3. The Hall–Kier alpha value is -1.63. The summed E-state index contributed by atoms with van der Waals surface area (Å²) < 4.78 is 2.03. The lowest BCUT2D eigenvalue weighted by molar-refractivity contribution is -0.150. The van der Waals surface area contributed by atoms with Crippen molar-refractivity contribution in [3.05, 3.63) is 33.2 Å². The number of pyridine rings is 1. The molecule has 1 aliphatic carbocycles. The molecule has 0 bridgehead atoms. The van der Waals surface area contributed by atoms with Crippen molar-refractivity contribution in [1.82, 2.24) is 9.47 Å². The molecule has 1 saturated heterocycles. The van der Waals surface area contributed by atoms with Gasteiger partial charge in [-0.1, -0.05) is 12.8 Å².